The third-order valence-electron chi connectivity index (χ3n) is 18.1. The summed E-state index contributed by atoms with van der Waals surface area (Å²) < 4.78 is 0. The number of nitro benzene ring substituents is 1. The largest absolute Gasteiger partial charge is 0.354 e. The predicted molar refractivity (Wildman–Crippen MR) is 339 cm³/mol. The molecule has 4 nitrogen and oxygen atoms in total. The van der Waals surface area contributed by atoms with Crippen LogP contribution in [0.25, 0.3) is 64.9 Å². The predicted octanol–water partition coefficient (Wildman–Crippen LogP) is 20.0. The Labute approximate surface area is 457 Å². The molecule has 7 aromatic carbocycles. The molecular weight excluding hydrogens is 973 g/mol. The van der Waals surface area contributed by atoms with Crippen LogP contribution in [0.4, 0.5) is 5.69 Å². The van der Waals surface area contributed by atoms with Crippen molar-refractivity contribution in [3.8, 4) is 46.2 Å². The summed E-state index contributed by atoms with van der Waals surface area (Å²) in [7, 11) is -6.64. The van der Waals surface area contributed by atoms with Crippen LogP contribution in [-0.4, -0.2) is 34.1 Å². The Kier molecular flexibility index (Phi) is 15.9. The molecule has 76 heavy (non-hydrogen) atoms. The van der Waals surface area contributed by atoms with Crippen molar-refractivity contribution in [2.45, 2.75) is 174 Å². The van der Waals surface area contributed by atoms with Gasteiger partial charge < -0.3 is 4.98 Å². The van der Waals surface area contributed by atoms with Crippen LogP contribution in [0.15, 0.2) is 97.1 Å². The third kappa shape index (κ3) is 9.21. The first-order valence-electron chi connectivity index (χ1n) is 28.1. The molecule has 0 fully saturated rings. The monoisotopic (exact) mass is 1050 g/mol. The zero-order valence-corrected chi connectivity index (χ0v) is 51.7. The fraction of sp³-hybridized carbons (Fsp3) is 0.391. The number of benzene rings is 7. The van der Waals surface area contributed by atoms with Gasteiger partial charge in [0.15, 0.2) is 0 Å². The molecule has 1 heterocycles. The molecule has 0 spiro atoms. The van der Waals surface area contributed by atoms with Crippen LogP contribution in [0.5, 0.6) is 0 Å². The van der Waals surface area contributed by atoms with Crippen molar-refractivity contribution in [1.29, 1.82) is 0 Å². The van der Waals surface area contributed by atoms with Gasteiger partial charge in [-0.25, -0.2) is 0 Å². The second-order valence-corrected chi connectivity index (χ2v) is 41.3. The maximum atomic E-state index is 11.7. The molecule has 0 amide bonds. The van der Waals surface area contributed by atoms with Gasteiger partial charge in [0.2, 0.25) is 0 Å². The Morgan fingerprint density at radius 1 is 0.355 bits per heavy atom. The number of rotatable bonds is 10. The van der Waals surface area contributed by atoms with Gasteiger partial charge >= 0.3 is 0 Å². The number of aromatic amines is 1. The summed E-state index contributed by atoms with van der Waals surface area (Å²) in [5.41, 5.74) is 23.6. The number of nitro groups is 1. The van der Waals surface area contributed by atoms with Crippen LogP contribution in [0.3, 0.4) is 0 Å². The summed E-state index contributed by atoms with van der Waals surface area (Å²) in [6.07, 6.45) is 0. The van der Waals surface area contributed by atoms with Crippen LogP contribution in [0, 0.1) is 56.3 Å². The van der Waals surface area contributed by atoms with E-state index in [1.165, 1.54) is 12.1 Å². The van der Waals surface area contributed by atoms with Gasteiger partial charge in [-0.1, -0.05) is 215 Å². The second kappa shape index (κ2) is 21.6. The normalized spacial score (nSPS) is 12.6. The summed E-state index contributed by atoms with van der Waals surface area (Å²) in [4.78, 5) is 15.3. The van der Waals surface area contributed by atoms with Gasteiger partial charge in [0.25, 0.3) is 5.69 Å². The Morgan fingerprint density at radius 2 is 0.658 bits per heavy atom. The second-order valence-electron chi connectivity index (χ2n) is 24.5. The van der Waals surface area contributed by atoms with Crippen LogP contribution in [0.1, 0.15) is 152 Å². The molecule has 0 saturated heterocycles. The number of nitrogens with one attached hydrogen (secondary N) is 1. The van der Waals surface area contributed by atoms with Gasteiger partial charge in [-0.15, -0.1) is 16.6 Å². The number of fused-ring (bicyclic) bond motifs is 9. The first kappa shape index (κ1) is 55.9. The van der Waals surface area contributed by atoms with Crippen molar-refractivity contribution < 1.29 is 4.92 Å². The summed E-state index contributed by atoms with van der Waals surface area (Å²) in [6, 6.07) is 33.2. The minimum atomic E-state index is -2.24. The van der Waals surface area contributed by atoms with Crippen LogP contribution < -0.4 is 0 Å². The lowest BCUT2D eigenvalue weighted by atomic mass is 9.87. The Morgan fingerprint density at radius 3 is 0.974 bits per heavy atom. The third-order valence-corrected chi connectivity index (χ3v) is 37.0. The van der Waals surface area contributed by atoms with Crippen LogP contribution in [0.2, 0.25) is 49.9 Å². The number of hydrogen-bond donors (Lipinski definition) is 1. The molecule has 0 radical (unpaired) electrons. The zero-order valence-electron chi connectivity index (χ0n) is 48.7. The quantitative estimate of drug-likeness (QED) is 0.0488. The fourth-order valence-corrected chi connectivity index (χ4v) is 30.2. The SMILES string of the molecule is CC(C)[Si](C#Cc1c2ccccc2c(C#C[Si](C(C)C)(C(C)C)C(C)C)c2c1ccc1[nH]c3ccc4c(C#Cc5ccc([N+](=O)[O-])cc5)c5ccccc5c(C#C[Si](C(C)C)(C(C)C)C(C)C)c4c3c12)(C(C)C)C(C)C. The summed E-state index contributed by atoms with van der Waals surface area (Å²) in [6.45, 7) is 43.1. The molecular formula is C69H80N2O2Si3. The zero-order chi connectivity index (χ0) is 55.3. The molecule has 8 rings (SSSR count). The van der Waals surface area contributed by atoms with E-state index < -0.39 is 24.2 Å². The van der Waals surface area contributed by atoms with E-state index in [1.54, 1.807) is 12.1 Å². The van der Waals surface area contributed by atoms with Gasteiger partial charge in [0.1, 0.15) is 24.2 Å². The highest BCUT2D eigenvalue weighted by molar-refractivity contribution is 6.91. The summed E-state index contributed by atoms with van der Waals surface area (Å²) in [5.74, 6) is 19.4. The number of non-ortho nitro benzene ring substituents is 1. The van der Waals surface area contributed by atoms with Gasteiger partial charge in [-0.3, -0.25) is 10.1 Å². The van der Waals surface area contributed by atoms with Crippen molar-refractivity contribution in [2.24, 2.45) is 0 Å². The molecule has 0 bridgehead atoms. The highest BCUT2D eigenvalue weighted by atomic mass is 28.3. The minimum absolute atomic E-state index is 0.0416. The first-order chi connectivity index (χ1) is 36.0. The molecule has 1 aromatic heterocycles. The lowest BCUT2D eigenvalue weighted by Crippen LogP contribution is -2.43. The maximum Gasteiger partial charge on any atom is 0.269 e. The van der Waals surface area contributed by atoms with Crippen LogP contribution in [-0.2, 0) is 0 Å². The Bertz CT molecular complexity index is 3770. The van der Waals surface area contributed by atoms with E-state index in [0.29, 0.717) is 55.4 Å². The van der Waals surface area contributed by atoms with Gasteiger partial charge in [-0.05, 0) is 106 Å². The first-order valence-corrected chi connectivity index (χ1v) is 34.8. The lowest BCUT2D eigenvalue weighted by molar-refractivity contribution is -0.384. The van der Waals surface area contributed by atoms with Crippen LogP contribution >= 0.6 is 0 Å². The van der Waals surface area contributed by atoms with E-state index in [9.17, 15) is 10.1 Å². The van der Waals surface area contributed by atoms with Crippen molar-refractivity contribution in [3.05, 3.63) is 135 Å². The lowest BCUT2D eigenvalue weighted by Gasteiger charge is -2.38. The van der Waals surface area contributed by atoms with E-state index in [4.69, 9.17) is 0 Å². The van der Waals surface area contributed by atoms with E-state index in [0.717, 1.165) is 87.1 Å². The average molecular weight is 1050 g/mol. The Hall–Kier alpha value is -6.33. The van der Waals surface area contributed by atoms with Gasteiger partial charge in [0, 0.05) is 72.5 Å². The Balaban J connectivity index is 1.69. The molecule has 0 aliphatic rings. The summed E-state index contributed by atoms with van der Waals surface area (Å²) >= 11 is 0. The van der Waals surface area contributed by atoms with Crippen molar-refractivity contribution in [3.63, 3.8) is 0 Å². The highest BCUT2D eigenvalue weighted by Gasteiger charge is 2.44. The van der Waals surface area contributed by atoms with Crippen molar-refractivity contribution >= 4 is 94.8 Å². The molecule has 390 valence electrons. The number of hydrogen-bond acceptors (Lipinski definition) is 2. The standard InChI is InChI=1S/C69H80N2O2Si3/c1-43(2)74(44(3)4,45(5)6)40-37-59-55-24-20-22-26-57(55)63(39-42-76(49(13)14,50(15)16)51(17)18)67-61(59)34-36-65-69(67)68-64(70-65)35-33-60-58(32-29-52-27-30-53(31-28-52)71(72)73)54-23-19-21-25-56(54)62(66(60)68)38-41-75(46(7)8,47(9)10)48(11)12/h19-28,30-31,33-36,43-51,70H,1-18H3. The molecule has 0 atom stereocenters. The van der Waals surface area contributed by atoms with Gasteiger partial charge in [-0.2, -0.15) is 0 Å². The van der Waals surface area contributed by atoms with E-state index in [-0.39, 0.29) is 10.6 Å². The molecule has 0 saturated carbocycles. The smallest absolute Gasteiger partial charge is 0.269 e. The maximum absolute atomic E-state index is 11.7. The van der Waals surface area contributed by atoms with E-state index in [2.05, 4.69) is 249 Å². The molecule has 0 aliphatic heterocycles. The number of nitrogens with zero attached hydrogens (tertiary/aromatic N) is 1. The number of aromatic nitrogens is 1. The highest BCUT2D eigenvalue weighted by Crippen LogP contribution is 2.48. The topological polar surface area (TPSA) is 58.9 Å². The molecule has 0 aliphatic carbocycles. The average Bonchev–Trinajstić information content (AvgIpc) is 3.81. The number of H-pyrrole nitrogens is 1. The van der Waals surface area contributed by atoms with E-state index >= 15 is 0 Å². The molecule has 1 N–H and O–H groups in total. The van der Waals surface area contributed by atoms with Crippen molar-refractivity contribution in [2.75, 3.05) is 0 Å². The van der Waals surface area contributed by atoms with Crippen molar-refractivity contribution in [1.82, 2.24) is 4.98 Å². The fourth-order valence-electron chi connectivity index (χ4n) is 14.6. The van der Waals surface area contributed by atoms with E-state index in [1.807, 2.05) is 0 Å². The van der Waals surface area contributed by atoms with Gasteiger partial charge in [0.05, 0.1) is 4.92 Å². The minimum Gasteiger partial charge on any atom is -0.354 e. The molecule has 7 heteroatoms. The molecule has 0 unspecified atom stereocenters. The summed E-state index contributed by atoms with van der Waals surface area (Å²) in [5, 5.41) is 22.7. The molecule has 8 aromatic rings.